The Hall–Kier alpha value is -2.71. The van der Waals surface area contributed by atoms with Crippen molar-refractivity contribution in [2.24, 2.45) is 0 Å². The summed E-state index contributed by atoms with van der Waals surface area (Å²) in [5.41, 5.74) is 0.791. The molecule has 1 saturated heterocycles. The van der Waals surface area contributed by atoms with Crippen molar-refractivity contribution in [3.8, 4) is 17.1 Å². The predicted octanol–water partition coefficient (Wildman–Crippen LogP) is 3.31. The smallest absolute Gasteiger partial charge is 0.243 e. The van der Waals surface area contributed by atoms with Crippen LogP contribution in [0.15, 0.2) is 64.0 Å². The molecule has 1 aliphatic rings. The molecule has 7 nitrogen and oxygen atoms in total. The van der Waals surface area contributed by atoms with Gasteiger partial charge in [0, 0.05) is 18.7 Å². The second-order valence-corrected chi connectivity index (χ2v) is 8.64. The molecule has 0 aliphatic carbocycles. The first-order chi connectivity index (χ1) is 13.6. The Morgan fingerprint density at radius 1 is 1.14 bits per heavy atom. The van der Waals surface area contributed by atoms with E-state index >= 15 is 0 Å². The second-order valence-electron chi connectivity index (χ2n) is 6.70. The first kappa shape index (κ1) is 18.6. The van der Waals surface area contributed by atoms with Crippen LogP contribution < -0.4 is 4.74 Å². The average Bonchev–Trinajstić information content (AvgIpc) is 3.25. The van der Waals surface area contributed by atoms with Crippen LogP contribution in [-0.2, 0) is 10.0 Å². The third-order valence-corrected chi connectivity index (χ3v) is 6.76. The molecule has 0 N–H and O–H groups in total. The largest absolute Gasteiger partial charge is 0.497 e. The van der Waals surface area contributed by atoms with E-state index in [-0.39, 0.29) is 5.92 Å². The summed E-state index contributed by atoms with van der Waals surface area (Å²) >= 11 is 0. The normalized spacial score (nSPS) is 18.1. The third-order valence-electron chi connectivity index (χ3n) is 4.88. The van der Waals surface area contributed by atoms with Gasteiger partial charge in [0.15, 0.2) is 0 Å². The van der Waals surface area contributed by atoms with Gasteiger partial charge in [0.25, 0.3) is 0 Å². The standard InChI is InChI=1S/C20H21N3O4S/c1-26-17-9-5-7-15(13-17)19-21-20(27-22-19)16-8-6-12-23(14-16)28(24,25)18-10-3-2-4-11-18/h2-5,7,9-11,13,16H,6,8,12,14H2,1H3. The lowest BCUT2D eigenvalue weighted by Gasteiger charge is -2.30. The van der Waals surface area contributed by atoms with Gasteiger partial charge >= 0.3 is 0 Å². The Morgan fingerprint density at radius 2 is 1.96 bits per heavy atom. The van der Waals surface area contributed by atoms with Gasteiger partial charge in [-0.2, -0.15) is 9.29 Å². The molecule has 2 heterocycles. The van der Waals surface area contributed by atoms with Crippen LogP contribution in [0.4, 0.5) is 0 Å². The number of hydrogen-bond donors (Lipinski definition) is 0. The van der Waals surface area contributed by atoms with Crippen LogP contribution in [0, 0.1) is 0 Å². The summed E-state index contributed by atoms with van der Waals surface area (Å²) in [6, 6.07) is 15.9. The maximum absolute atomic E-state index is 12.9. The zero-order valence-corrected chi connectivity index (χ0v) is 16.3. The van der Waals surface area contributed by atoms with E-state index in [1.807, 2.05) is 24.3 Å². The minimum atomic E-state index is -3.53. The van der Waals surface area contributed by atoms with E-state index in [1.165, 1.54) is 4.31 Å². The number of sulfonamides is 1. The van der Waals surface area contributed by atoms with Crippen LogP contribution in [-0.4, -0.2) is 43.1 Å². The van der Waals surface area contributed by atoms with Crippen molar-refractivity contribution >= 4 is 10.0 Å². The molecule has 8 heteroatoms. The van der Waals surface area contributed by atoms with Gasteiger partial charge in [-0.25, -0.2) is 8.42 Å². The van der Waals surface area contributed by atoms with Crippen LogP contribution in [0.5, 0.6) is 5.75 Å². The number of methoxy groups -OCH3 is 1. The topological polar surface area (TPSA) is 85.5 Å². The molecular weight excluding hydrogens is 378 g/mol. The van der Waals surface area contributed by atoms with Crippen molar-refractivity contribution in [3.63, 3.8) is 0 Å². The molecule has 3 aromatic rings. The molecule has 1 fully saturated rings. The molecule has 28 heavy (non-hydrogen) atoms. The quantitative estimate of drug-likeness (QED) is 0.654. The van der Waals surface area contributed by atoms with Crippen LogP contribution >= 0.6 is 0 Å². The van der Waals surface area contributed by atoms with Crippen molar-refractivity contribution in [3.05, 3.63) is 60.5 Å². The molecule has 0 bridgehead atoms. The van der Waals surface area contributed by atoms with Crippen LogP contribution in [0.1, 0.15) is 24.7 Å². The minimum absolute atomic E-state index is 0.126. The summed E-state index contributed by atoms with van der Waals surface area (Å²) in [6.07, 6.45) is 1.55. The fourth-order valence-corrected chi connectivity index (χ4v) is 4.93. The number of piperidine rings is 1. The van der Waals surface area contributed by atoms with Gasteiger partial charge in [0.2, 0.25) is 21.7 Å². The highest BCUT2D eigenvalue weighted by molar-refractivity contribution is 7.89. The number of aromatic nitrogens is 2. The number of hydrogen-bond acceptors (Lipinski definition) is 6. The van der Waals surface area contributed by atoms with Crippen molar-refractivity contribution in [1.82, 2.24) is 14.4 Å². The molecule has 2 aromatic carbocycles. The molecule has 1 unspecified atom stereocenters. The van der Waals surface area contributed by atoms with E-state index < -0.39 is 10.0 Å². The number of benzene rings is 2. The lowest BCUT2D eigenvalue weighted by Crippen LogP contribution is -2.39. The fourth-order valence-electron chi connectivity index (χ4n) is 3.38. The molecule has 146 valence electrons. The first-order valence-corrected chi connectivity index (χ1v) is 10.5. The number of ether oxygens (including phenoxy) is 1. The van der Waals surface area contributed by atoms with Gasteiger partial charge in [-0.1, -0.05) is 35.5 Å². The molecular formula is C20H21N3O4S. The summed E-state index contributed by atoms with van der Waals surface area (Å²) < 4.78 is 38.0. The van der Waals surface area contributed by atoms with E-state index in [1.54, 1.807) is 37.4 Å². The molecule has 4 rings (SSSR count). The van der Waals surface area contributed by atoms with E-state index in [0.717, 1.165) is 18.4 Å². The van der Waals surface area contributed by atoms with Gasteiger partial charge in [-0.3, -0.25) is 0 Å². The van der Waals surface area contributed by atoms with Crippen LogP contribution in [0.25, 0.3) is 11.4 Å². The minimum Gasteiger partial charge on any atom is -0.497 e. The van der Waals surface area contributed by atoms with E-state index in [9.17, 15) is 8.42 Å². The zero-order chi connectivity index (χ0) is 19.6. The summed E-state index contributed by atoms with van der Waals surface area (Å²) in [6.45, 7) is 0.821. The highest BCUT2D eigenvalue weighted by Gasteiger charge is 2.33. The van der Waals surface area contributed by atoms with Crippen molar-refractivity contribution < 1.29 is 17.7 Å². The lowest BCUT2D eigenvalue weighted by atomic mass is 10.00. The van der Waals surface area contributed by atoms with E-state index in [0.29, 0.717) is 35.4 Å². The maximum atomic E-state index is 12.9. The van der Waals surface area contributed by atoms with Crippen molar-refractivity contribution in [1.29, 1.82) is 0 Å². The Balaban J connectivity index is 1.55. The van der Waals surface area contributed by atoms with Gasteiger partial charge < -0.3 is 9.26 Å². The first-order valence-electron chi connectivity index (χ1n) is 9.11. The fraction of sp³-hybridized carbons (Fsp3) is 0.300. The van der Waals surface area contributed by atoms with E-state index in [2.05, 4.69) is 10.1 Å². The van der Waals surface area contributed by atoms with Crippen molar-refractivity contribution in [2.45, 2.75) is 23.7 Å². The summed E-state index contributed by atoms with van der Waals surface area (Å²) in [4.78, 5) is 4.82. The van der Waals surface area contributed by atoms with Gasteiger partial charge in [-0.05, 0) is 37.1 Å². The highest BCUT2D eigenvalue weighted by atomic mass is 32.2. The zero-order valence-electron chi connectivity index (χ0n) is 15.5. The molecule has 0 saturated carbocycles. The molecule has 1 aromatic heterocycles. The van der Waals surface area contributed by atoms with Gasteiger partial charge in [0.05, 0.1) is 17.9 Å². The second kappa shape index (κ2) is 7.73. The highest BCUT2D eigenvalue weighted by Crippen LogP contribution is 2.31. The monoisotopic (exact) mass is 399 g/mol. The Bertz CT molecular complexity index is 1050. The molecule has 1 aliphatic heterocycles. The van der Waals surface area contributed by atoms with Gasteiger partial charge in [0.1, 0.15) is 5.75 Å². The van der Waals surface area contributed by atoms with Crippen LogP contribution in [0.3, 0.4) is 0 Å². The lowest BCUT2D eigenvalue weighted by molar-refractivity contribution is 0.265. The van der Waals surface area contributed by atoms with Gasteiger partial charge in [-0.15, -0.1) is 0 Å². The molecule has 0 spiro atoms. The van der Waals surface area contributed by atoms with E-state index in [4.69, 9.17) is 9.26 Å². The molecule has 0 radical (unpaired) electrons. The summed E-state index contributed by atoms with van der Waals surface area (Å²) in [5, 5.41) is 4.07. The Morgan fingerprint density at radius 3 is 2.75 bits per heavy atom. The summed E-state index contributed by atoms with van der Waals surface area (Å²) in [7, 11) is -1.93. The predicted molar refractivity (Wildman–Crippen MR) is 103 cm³/mol. The Labute approximate surface area is 164 Å². The number of rotatable bonds is 5. The average molecular weight is 399 g/mol. The molecule has 1 atom stereocenters. The van der Waals surface area contributed by atoms with Crippen molar-refractivity contribution in [2.75, 3.05) is 20.2 Å². The number of nitrogens with zero attached hydrogens (tertiary/aromatic N) is 3. The summed E-state index contributed by atoms with van der Waals surface area (Å²) in [5.74, 6) is 1.52. The van der Waals surface area contributed by atoms with Crippen LogP contribution in [0.2, 0.25) is 0 Å². The molecule has 0 amide bonds. The third kappa shape index (κ3) is 3.65. The maximum Gasteiger partial charge on any atom is 0.243 e. The Kier molecular flexibility index (Phi) is 5.15. The SMILES string of the molecule is COc1cccc(-c2noc(C3CCCN(S(=O)(=O)c4ccccc4)C3)n2)c1.